The molecule has 3 aromatic rings. The van der Waals surface area contributed by atoms with E-state index in [-0.39, 0.29) is 16.4 Å². The monoisotopic (exact) mass is 439 g/mol. The first-order valence-corrected chi connectivity index (χ1v) is 10.3. The van der Waals surface area contributed by atoms with Crippen molar-refractivity contribution in [2.45, 2.75) is 24.1 Å². The quantitative estimate of drug-likeness (QED) is 0.625. The van der Waals surface area contributed by atoms with Crippen molar-refractivity contribution in [3.05, 3.63) is 76.6 Å². The van der Waals surface area contributed by atoms with E-state index in [2.05, 4.69) is 10.4 Å². The second kappa shape index (κ2) is 8.30. The van der Waals surface area contributed by atoms with Crippen molar-refractivity contribution in [2.24, 2.45) is 0 Å². The molecule has 6 nitrogen and oxygen atoms in total. The summed E-state index contributed by atoms with van der Waals surface area (Å²) in [6, 6.07) is 13.9. The van der Waals surface area contributed by atoms with Gasteiger partial charge in [-0.05, 0) is 36.8 Å². The number of halogens is 3. The highest BCUT2D eigenvalue weighted by Gasteiger charge is 2.26. The number of anilines is 1. The maximum absolute atomic E-state index is 12.6. The molecule has 0 aliphatic carbocycles. The van der Waals surface area contributed by atoms with Gasteiger partial charge in [-0.3, -0.25) is 4.79 Å². The number of aromatic nitrogens is 2. The molecule has 0 atom stereocenters. The lowest BCUT2D eigenvalue weighted by molar-refractivity contribution is 0.102. The van der Waals surface area contributed by atoms with Gasteiger partial charge in [0.1, 0.15) is 5.15 Å². The number of amides is 1. The van der Waals surface area contributed by atoms with E-state index in [4.69, 9.17) is 11.6 Å². The Labute approximate surface area is 171 Å². The molecular weight excluding hydrogens is 424 g/mol. The van der Waals surface area contributed by atoms with Crippen LogP contribution in [-0.4, -0.2) is 29.9 Å². The molecule has 152 valence electrons. The first-order valence-electron chi connectivity index (χ1n) is 8.40. The second-order valence-corrected chi connectivity index (χ2v) is 8.45. The summed E-state index contributed by atoms with van der Waals surface area (Å²) >= 11 is 6.34. The third-order valence-electron chi connectivity index (χ3n) is 4.14. The molecule has 0 saturated carbocycles. The van der Waals surface area contributed by atoms with Crippen LogP contribution in [0.15, 0.2) is 59.5 Å². The zero-order valence-electron chi connectivity index (χ0n) is 15.1. The molecule has 0 unspecified atom stereocenters. The number of sulfone groups is 1. The van der Waals surface area contributed by atoms with Crippen molar-refractivity contribution < 1.29 is 22.0 Å². The van der Waals surface area contributed by atoms with Gasteiger partial charge in [-0.15, -0.1) is 0 Å². The van der Waals surface area contributed by atoms with Gasteiger partial charge in [-0.1, -0.05) is 41.9 Å². The fourth-order valence-electron chi connectivity index (χ4n) is 2.70. The van der Waals surface area contributed by atoms with Crippen LogP contribution in [0.1, 0.15) is 21.6 Å². The van der Waals surface area contributed by atoms with Crippen molar-refractivity contribution >= 4 is 33.0 Å². The molecule has 3 rings (SSSR count). The van der Waals surface area contributed by atoms with Crippen LogP contribution >= 0.6 is 11.6 Å². The first-order chi connectivity index (χ1) is 13.7. The lowest BCUT2D eigenvalue weighted by Gasteiger charge is -2.07. The SMILES string of the molecule is Cc1nn(Cc2ccccc2)c(Cl)c1C(=O)Nc1ccc(S(=O)(=O)C(F)F)cc1. The van der Waals surface area contributed by atoms with Crippen LogP contribution in [0.4, 0.5) is 14.5 Å². The molecule has 1 heterocycles. The van der Waals surface area contributed by atoms with Crippen LogP contribution in [0, 0.1) is 6.92 Å². The minimum atomic E-state index is -4.69. The van der Waals surface area contributed by atoms with Gasteiger partial charge in [0.25, 0.3) is 5.91 Å². The second-order valence-electron chi connectivity index (χ2n) is 6.18. The maximum Gasteiger partial charge on any atom is 0.341 e. The minimum Gasteiger partial charge on any atom is -0.322 e. The highest BCUT2D eigenvalue weighted by molar-refractivity contribution is 7.91. The van der Waals surface area contributed by atoms with Gasteiger partial charge in [0.2, 0.25) is 9.84 Å². The number of carbonyl (C=O) groups excluding carboxylic acids is 1. The van der Waals surface area contributed by atoms with E-state index in [1.54, 1.807) is 6.92 Å². The van der Waals surface area contributed by atoms with Crippen LogP contribution in [0.25, 0.3) is 0 Å². The molecule has 0 spiro atoms. The van der Waals surface area contributed by atoms with Crippen molar-refractivity contribution in [1.29, 1.82) is 0 Å². The topological polar surface area (TPSA) is 81.1 Å². The van der Waals surface area contributed by atoms with Crippen LogP contribution in [0.2, 0.25) is 5.15 Å². The van der Waals surface area contributed by atoms with E-state index in [0.29, 0.717) is 12.2 Å². The summed E-state index contributed by atoms with van der Waals surface area (Å²) in [5.41, 5.74) is 1.78. The number of nitrogens with zero attached hydrogens (tertiary/aromatic N) is 2. The van der Waals surface area contributed by atoms with E-state index in [0.717, 1.165) is 17.7 Å². The molecule has 2 aromatic carbocycles. The summed E-state index contributed by atoms with van der Waals surface area (Å²) in [4.78, 5) is 12.1. The molecule has 10 heteroatoms. The zero-order valence-corrected chi connectivity index (χ0v) is 16.7. The average molecular weight is 440 g/mol. The third-order valence-corrected chi connectivity index (χ3v) is 5.93. The van der Waals surface area contributed by atoms with Crippen LogP contribution in [0.3, 0.4) is 0 Å². The Balaban J connectivity index is 1.79. The number of alkyl halides is 2. The minimum absolute atomic E-state index is 0.153. The van der Waals surface area contributed by atoms with Crippen LogP contribution < -0.4 is 5.32 Å². The number of nitrogens with one attached hydrogen (secondary N) is 1. The molecule has 0 saturated heterocycles. The van der Waals surface area contributed by atoms with Gasteiger partial charge < -0.3 is 5.32 Å². The summed E-state index contributed by atoms with van der Waals surface area (Å²) in [6.45, 7) is 2.02. The molecule has 1 N–H and O–H groups in total. The molecule has 0 bridgehead atoms. The number of rotatable bonds is 6. The van der Waals surface area contributed by atoms with Crippen molar-refractivity contribution in [2.75, 3.05) is 5.32 Å². The van der Waals surface area contributed by atoms with Gasteiger partial charge in [-0.25, -0.2) is 13.1 Å². The van der Waals surface area contributed by atoms with Crippen LogP contribution in [0.5, 0.6) is 0 Å². The molecule has 0 radical (unpaired) electrons. The molecule has 1 aromatic heterocycles. The molecule has 1 amide bonds. The predicted molar refractivity (Wildman–Crippen MR) is 105 cm³/mol. The molecular formula is C19H16ClF2N3O3S. The standard InChI is InChI=1S/C19H16ClF2N3O3S/c1-12-16(17(20)25(24-12)11-13-5-3-2-4-6-13)18(26)23-14-7-9-15(10-8-14)29(27,28)19(21)22/h2-10,19H,11H2,1H3,(H,23,26). The first kappa shape index (κ1) is 20.9. The summed E-state index contributed by atoms with van der Waals surface area (Å²) in [6.07, 6.45) is 0. The van der Waals surface area contributed by atoms with E-state index < -0.39 is 26.4 Å². The summed E-state index contributed by atoms with van der Waals surface area (Å²) in [7, 11) is -4.69. The Kier molecular flexibility index (Phi) is 5.99. The Bertz CT molecular complexity index is 1130. The lowest BCUT2D eigenvalue weighted by atomic mass is 10.2. The predicted octanol–water partition coefficient (Wildman–Crippen LogP) is 4.14. The highest BCUT2D eigenvalue weighted by Crippen LogP contribution is 2.24. The molecule has 29 heavy (non-hydrogen) atoms. The largest absolute Gasteiger partial charge is 0.341 e. The number of benzene rings is 2. The van der Waals surface area contributed by atoms with E-state index >= 15 is 0 Å². The van der Waals surface area contributed by atoms with E-state index in [1.165, 1.54) is 16.8 Å². The fourth-order valence-corrected chi connectivity index (χ4v) is 3.74. The Morgan fingerprint density at radius 2 is 1.76 bits per heavy atom. The Morgan fingerprint density at radius 3 is 2.34 bits per heavy atom. The summed E-state index contributed by atoms with van der Waals surface area (Å²) < 4.78 is 49.6. The fraction of sp³-hybridized carbons (Fsp3) is 0.158. The van der Waals surface area contributed by atoms with Crippen molar-refractivity contribution in [3.63, 3.8) is 0 Å². The van der Waals surface area contributed by atoms with Gasteiger partial charge in [0.15, 0.2) is 0 Å². The molecule has 0 aliphatic heterocycles. The Morgan fingerprint density at radius 1 is 1.14 bits per heavy atom. The lowest BCUT2D eigenvalue weighted by Crippen LogP contribution is -2.14. The Hall–Kier alpha value is -2.78. The normalized spacial score (nSPS) is 11.6. The molecule has 0 aliphatic rings. The molecule has 0 fully saturated rings. The number of carbonyl (C=O) groups is 1. The van der Waals surface area contributed by atoms with Crippen molar-refractivity contribution in [3.8, 4) is 0 Å². The smallest absolute Gasteiger partial charge is 0.322 e. The third kappa shape index (κ3) is 4.46. The van der Waals surface area contributed by atoms with Crippen LogP contribution in [-0.2, 0) is 16.4 Å². The maximum atomic E-state index is 12.6. The summed E-state index contributed by atoms with van der Waals surface area (Å²) in [5, 5.41) is 7.01. The van der Waals surface area contributed by atoms with Gasteiger partial charge in [0.05, 0.1) is 22.7 Å². The number of hydrogen-bond acceptors (Lipinski definition) is 4. The van der Waals surface area contributed by atoms with Gasteiger partial charge in [-0.2, -0.15) is 13.9 Å². The number of hydrogen-bond donors (Lipinski definition) is 1. The van der Waals surface area contributed by atoms with Gasteiger partial charge >= 0.3 is 5.76 Å². The van der Waals surface area contributed by atoms with E-state index in [1.807, 2.05) is 30.3 Å². The van der Waals surface area contributed by atoms with E-state index in [9.17, 15) is 22.0 Å². The van der Waals surface area contributed by atoms with Crippen molar-refractivity contribution in [1.82, 2.24) is 9.78 Å². The number of aryl methyl sites for hydroxylation is 1. The van der Waals surface area contributed by atoms with Gasteiger partial charge in [0, 0.05) is 5.69 Å². The highest BCUT2D eigenvalue weighted by atomic mass is 35.5. The zero-order chi connectivity index (χ0) is 21.2. The summed E-state index contributed by atoms with van der Waals surface area (Å²) in [5.74, 6) is -4.06. The average Bonchev–Trinajstić information content (AvgIpc) is 2.96.